The van der Waals surface area contributed by atoms with Crippen molar-refractivity contribution in [3.8, 4) is 0 Å². The Hall–Kier alpha value is -1.39. The molecule has 0 saturated carbocycles. The number of aromatic nitrogens is 2. The van der Waals surface area contributed by atoms with Crippen molar-refractivity contribution < 1.29 is 4.79 Å². The first-order valence-electron chi connectivity index (χ1n) is 8.00. The van der Waals surface area contributed by atoms with Crippen molar-refractivity contribution >= 4 is 74.5 Å². The average molecular weight is 514 g/mol. The maximum Gasteiger partial charge on any atom is 0.250 e. The van der Waals surface area contributed by atoms with Gasteiger partial charge in [-0.25, -0.2) is 5.43 Å². The smallest absolute Gasteiger partial charge is 0.250 e. The minimum Gasteiger partial charge on any atom is -0.272 e. The second-order valence-corrected chi connectivity index (χ2v) is 10.1. The normalized spacial score (nSPS) is 11.1. The molecule has 0 atom stereocenters. The third kappa shape index (κ3) is 6.89. The molecular formula is C18H14BrClN4OS3. The zero-order chi connectivity index (χ0) is 19.8. The van der Waals surface area contributed by atoms with Gasteiger partial charge in [-0.05, 0) is 23.8 Å². The standard InChI is InChI=1S/C18H14BrClN4OS3/c19-15-4-2-1-3-13(15)9-21-22-16(25)11-27-18-24-23-17(28-18)26-10-12-5-7-14(20)8-6-12/h1-9H,10-11H2,(H,22,25)/b21-9-. The first kappa shape index (κ1) is 21.3. The van der Waals surface area contributed by atoms with Crippen LogP contribution in [0.25, 0.3) is 0 Å². The quantitative estimate of drug-likeness (QED) is 0.245. The molecule has 0 fully saturated rings. The molecule has 1 N–H and O–H groups in total. The fourth-order valence-corrected chi connectivity index (χ4v) is 5.23. The minimum absolute atomic E-state index is 0.195. The van der Waals surface area contributed by atoms with Crippen molar-refractivity contribution in [3.05, 3.63) is 69.2 Å². The van der Waals surface area contributed by atoms with Gasteiger partial charge in [0, 0.05) is 20.8 Å². The molecule has 0 aliphatic rings. The Morgan fingerprint density at radius 3 is 2.61 bits per heavy atom. The summed E-state index contributed by atoms with van der Waals surface area (Å²) in [7, 11) is 0. The van der Waals surface area contributed by atoms with E-state index in [1.54, 1.807) is 18.0 Å². The number of thioether (sulfide) groups is 2. The van der Waals surface area contributed by atoms with Crippen LogP contribution in [0.3, 0.4) is 0 Å². The zero-order valence-corrected chi connectivity index (χ0v) is 19.1. The van der Waals surface area contributed by atoms with Crippen LogP contribution in [0.4, 0.5) is 0 Å². The van der Waals surface area contributed by atoms with Gasteiger partial charge in [0.05, 0.1) is 12.0 Å². The van der Waals surface area contributed by atoms with Gasteiger partial charge in [0.25, 0.3) is 5.91 Å². The average Bonchev–Trinajstić information content (AvgIpc) is 3.15. The number of carbonyl (C=O) groups is 1. The fraction of sp³-hybridized carbons (Fsp3) is 0.111. The Balaban J connectivity index is 1.41. The number of halogens is 2. The van der Waals surface area contributed by atoms with Gasteiger partial charge in [0.2, 0.25) is 0 Å². The van der Waals surface area contributed by atoms with Crippen LogP contribution in [0.5, 0.6) is 0 Å². The lowest BCUT2D eigenvalue weighted by Crippen LogP contribution is -2.19. The second-order valence-electron chi connectivity index (χ2n) is 5.35. The molecular weight excluding hydrogens is 500 g/mol. The Morgan fingerprint density at radius 2 is 1.86 bits per heavy atom. The highest BCUT2D eigenvalue weighted by molar-refractivity contribution is 9.10. The lowest BCUT2D eigenvalue weighted by molar-refractivity contribution is -0.118. The second kappa shape index (κ2) is 11.0. The van der Waals surface area contributed by atoms with Gasteiger partial charge in [-0.3, -0.25) is 4.79 Å². The van der Waals surface area contributed by atoms with E-state index in [9.17, 15) is 4.79 Å². The predicted molar refractivity (Wildman–Crippen MR) is 122 cm³/mol. The Bertz CT molecular complexity index is 965. The van der Waals surface area contributed by atoms with E-state index in [1.165, 1.54) is 28.7 Å². The highest BCUT2D eigenvalue weighted by Crippen LogP contribution is 2.30. The summed E-state index contributed by atoms with van der Waals surface area (Å²) in [4.78, 5) is 11.9. The summed E-state index contributed by atoms with van der Waals surface area (Å²) >= 11 is 13.7. The Morgan fingerprint density at radius 1 is 1.14 bits per heavy atom. The number of carbonyl (C=O) groups excluding carboxylic acids is 1. The summed E-state index contributed by atoms with van der Waals surface area (Å²) in [6.45, 7) is 0. The molecule has 1 amide bonds. The van der Waals surface area contributed by atoms with E-state index in [0.29, 0.717) is 0 Å². The van der Waals surface area contributed by atoms with E-state index in [0.717, 1.165) is 29.5 Å². The molecule has 3 aromatic rings. The SMILES string of the molecule is O=C(CSc1nnc(SCc2ccc(Cl)cc2)s1)N/N=C\c1ccccc1Br. The third-order valence-corrected chi connectivity index (χ3v) is 7.52. The largest absolute Gasteiger partial charge is 0.272 e. The lowest BCUT2D eigenvalue weighted by Gasteiger charge is -1.99. The minimum atomic E-state index is -0.195. The van der Waals surface area contributed by atoms with Crippen LogP contribution in [0, 0.1) is 0 Å². The summed E-state index contributed by atoms with van der Waals surface area (Å²) in [6, 6.07) is 15.4. The molecule has 1 aromatic heterocycles. The van der Waals surface area contributed by atoms with Crippen LogP contribution in [0.2, 0.25) is 5.02 Å². The number of rotatable bonds is 8. The van der Waals surface area contributed by atoms with E-state index >= 15 is 0 Å². The monoisotopic (exact) mass is 512 g/mol. The van der Waals surface area contributed by atoms with E-state index < -0.39 is 0 Å². The molecule has 3 rings (SSSR count). The number of hydrogen-bond donors (Lipinski definition) is 1. The molecule has 28 heavy (non-hydrogen) atoms. The number of hydrogen-bond acceptors (Lipinski definition) is 7. The number of hydrazone groups is 1. The summed E-state index contributed by atoms with van der Waals surface area (Å²) in [5, 5.41) is 13.0. The van der Waals surface area contributed by atoms with Gasteiger partial charge in [-0.1, -0.05) is 92.7 Å². The van der Waals surface area contributed by atoms with E-state index in [4.69, 9.17) is 11.6 Å². The van der Waals surface area contributed by atoms with Crippen molar-refractivity contribution in [2.24, 2.45) is 5.10 Å². The van der Waals surface area contributed by atoms with Crippen molar-refractivity contribution in [1.29, 1.82) is 0 Å². The first-order valence-corrected chi connectivity index (χ1v) is 12.0. The van der Waals surface area contributed by atoms with Crippen LogP contribution in [-0.4, -0.2) is 28.1 Å². The van der Waals surface area contributed by atoms with Crippen molar-refractivity contribution in [1.82, 2.24) is 15.6 Å². The van der Waals surface area contributed by atoms with Gasteiger partial charge in [-0.15, -0.1) is 10.2 Å². The number of amides is 1. The summed E-state index contributed by atoms with van der Waals surface area (Å²) in [5.41, 5.74) is 4.57. The molecule has 10 heteroatoms. The molecule has 144 valence electrons. The molecule has 0 spiro atoms. The van der Waals surface area contributed by atoms with Crippen molar-refractivity contribution in [2.75, 3.05) is 5.75 Å². The molecule has 5 nitrogen and oxygen atoms in total. The maximum atomic E-state index is 11.9. The van der Waals surface area contributed by atoms with Crippen molar-refractivity contribution in [2.45, 2.75) is 14.4 Å². The molecule has 0 aliphatic carbocycles. The third-order valence-electron chi connectivity index (χ3n) is 3.29. The van der Waals surface area contributed by atoms with Crippen LogP contribution >= 0.6 is 62.4 Å². The van der Waals surface area contributed by atoms with E-state index in [-0.39, 0.29) is 11.7 Å². The number of nitrogens with zero attached hydrogens (tertiary/aromatic N) is 3. The Kier molecular flexibility index (Phi) is 8.35. The van der Waals surface area contributed by atoms with Gasteiger partial charge in [0.15, 0.2) is 8.68 Å². The highest BCUT2D eigenvalue weighted by atomic mass is 79.9. The highest BCUT2D eigenvalue weighted by Gasteiger charge is 2.08. The molecule has 0 bridgehead atoms. The van der Waals surface area contributed by atoms with Gasteiger partial charge in [-0.2, -0.15) is 5.10 Å². The molecule has 0 aliphatic heterocycles. The molecule has 2 aromatic carbocycles. The van der Waals surface area contributed by atoms with Crippen LogP contribution < -0.4 is 5.43 Å². The molecule has 0 unspecified atom stereocenters. The molecule has 1 heterocycles. The molecule has 0 radical (unpaired) electrons. The fourth-order valence-electron chi connectivity index (χ4n) is 1.95. The predicted octanol–water partition coefficient (Wildman–Crippen LogP) is 5.49. The zero-order valence-electron chi connectivity index (χ0n) is 14.3. The Labute approximate surface area is 188 Å². The number of benzene rings is 2. The number of nitrogens with one attached hydrogen (secondary N) is 1. The van der Waals surface area contributed by atoms with E-state index in [1.807, 2.05) is 48.5 Å². The van der Waals surface area contributed by atoms with Gasteiger partial charge < -0.3 is 0 Å². The summed E-state index contributed by atoms with van der Waals surface area (Å²) in [6.07, 6.45) is 1.60. The van der Waals surface area contributed by atoms with Crippen LogP contribution in [0.15, 0.2) is 66.8 Å². The first-order chi connectivity index (χ1) is 13.6. The molecule has 0 saturated heterocycles. The van der Waals surface area contributed by atoms with Crippen LogP contribution in [0.1, 0.15) is 11.1 Å². The summed E-state index contributed by atoms with van der Waals surface area (Å²) in [5.74, 6) is 0.823. The lowest BCUT2D eigenvalue weighted by atomic mass is 10.2. The van der Waals surface area contributed by atoms with Crippen molar-refractivity contribution in [3.63, 3.8) is 0 Å². The summed E-state index contributed by atoms with van der Waals surface area (Å²) < 4.78 is 2.54. The van der Waals surface area contributed by atoms with Gasteiger partial charge >= 0.3 is 0 Å². The maximum absolute atomic E-state index is 11.9. The van der Waals surface area contributed by atoms with Gasteiger partial charge in [0.1, 0.15) is 0 Å². The van der Waals surface area contributed by atoms with Crippen LogP contribution in [-0.2, 0) is 10.5 Å². The van der Waals surface area contributed by atoms with E-state index in [2.05, 4.69) is 36.7 Å². The topological polar surface area (TPSA) is 67.2 Å².